The molecular weight excluding hydrogens is 398 g/mol. The van der Waals surface area contributed by atoms with Crippen LogP contribution in [0.3, 0.4) is 0 Å². The molecule has 0 radical (unpaired) electrons. The van der Waals surface area contributed by atoms with E-state index in [2.05, 4.69) is 15.5 Å². The lowest BCUT2D eigenvalue weighted by atomic mass is 9.88. The van der Waals surface area contributed by atoms with Crippen molar-refractivity contribution in [2.24, 2.45) is 0 Å². The number of carbonyl (C=O) groups excluding carboxylic acids is 1. The smallest absolute Gasteiger partial charge is 0.243 e. The SMILES string of the molecule is O=C(Cn1c(/C=C/c2ccco2)nc2ccccc21)N(C1CCCCC1)C1CCCCC1. The van der Waals surface area contributed by atoms with Crippen LogP contribution >= 0.6 is 0 Å². The Kier molecular flexibility index (Phi) is 6.42. The first kappa shape index (κ1) is 21.0. The molecule has 5 nitrogen and oxygen atoms in total. The molecule has 2 aliphatic rings. The summed E-state index contributed by atoms with van der Waals surface area (Å²) in [5, 5.41) is 0. The lowest BCUT2D eigenvalue weighted by molar-refractivity contribution is -0.138. The number of para-hydroxylation sites is 2. The molecule has 2 saturated carbocycles. The van der Waals surface area contributed by atoms with Gasteiger partial charge in [0.15, 0.2) is 0 Å². The first-order chi connectivity index (χ1) is 15.8. The monoisotopic (exact) mass is 431 g/mol. The van der Waals surface area contributed by atoms with Gasteiger partial charge in [-0.2, -0.15) is 0 Å². The number of benzene rings is 1. The minimum absolute atomic E-state index is 0.250. The second-order valence-electron chi connectivity index (χ2n) is 9.28. The molecule has 2 aromatic heterocycles. The van der Waals surface area contributed by atoms with Gasteiger partial charge in [-0.15, -0.1) is 0 Å². The molecule has 5 heteroatoms. The first-order valence-electron chi connectivity index (χ1n) is 12.3. The van der Waals surface area contributed by atoms with E-state index < -0.39 is 0 Å². The van der Waals surface area contributed by atoms with Gasteiger partial charge in [0, 0.05) is 12.1 Å². The van der Waals surface area contributed by atoms with Crippen LogP contribution in [0.4, 0.5) is 0 Å². The molecule has 2 fully saturated rings. The van der Waals surface area contributed by atoms with E-state index in [1.807, 2.05) is 42.5 Å². The standard InChI is InChI=1S/C27H33N3O2/c31-27(30(21-10-3-1-4-11-21)22-12-5-2-6-13-22)20-29-25-16-8-7-15-24(25)28-26(29)18-17-23-14-9-19-32-23/h7-9,14-19,21-22H,1-6,10-13,20H2/b18-17+. The highest BCUT2D eigenvalue weighted by Crippen LogP contribution is 2.31. The number of imidazole rings is 1. The maximum absolute atomic E-state index is 13.9. The van der Waals surface area contributed by atoms with Gasteiger partial charge in [-0.3, -0.25) is 4.79 Å². The van der Waals surface area contributed by atoms with E-state index in [4.69, 9.17) is 9.40 Å². The molecule has 0 spiro atoms. The summed E-state index contributed by atoms with van der Waals surface area (Å²) in [5.74, 6) is 1.82. The van der Waals surface area contributed by atoms with Crippen LogP contribution in [-0.4, -0.2) is 32.4 Å². The van der Waals surface area contributed by atoms with Gasteiger partial charge in [-0.25, -0.2) is 4.98 Å². The molecule has 1 aromatic carbocycles. The Morgan fingerprint density at radius 1 is 0.938 bits per heavy atom. The van der Waals surface area contributed by atoms with Crippen LogP contribution < -0.4 is 0 Å². The number of fused-ring (bicyclic) bond motifs is 1. The number of rotatable bonds is 6. The Bertz CT molecular complexity index is 1040. The fraction of sp³-hybridized carbons (Fsp3) is 0.481. The summed E-state index contributed by atoms with van der Waals surface area (Å²) in [6.07, 6.45) is 17.7. The van der Waals surface area contributed by atoms with E-state index in [1.165, 1.54) is 38.5 Å². The second-order valence-corrected chi connectivity index (χ2v) is 9.28. The number of amides is 1. The Labute approximate surface area is 190 Å². The molecule has 32 heavy (non-hydrogen) atoms. The minimum Gasteiger partial charge on any atom is -0.465 e. The van der Waals surface area contributed by atoms with Crippen molar-refractivity contribution in [1.29, 1.82) is 0 Å². The van der Waals surface area contributed by atoms with Crippen LogP contribution in [0.2, 0.25) is 0 Å². The molecule has 2 heterocycles. The van der Waals surface area contributed by atoms with Crippen LogP contribution in [-0.2, 0) is 11.3 Å². The van der Waals surface area contributed by atoms with Gasteiger partial charge in [-0.1, -0.05) is 50.7 Å². The molecule has 0 unspecified atom stereocenters. The van der Waals surface area contributed by atoms with Crippen LogP contribution in [0.1, 0.15) is 75.8 Å². The highest BCUT2D eigenvalue weighted by atomic mass is 16.3. The van der Waals surface area contributed by atoms with Gasteiger partial charge >= 0.3 is 0 Å². The van der Waals surface area contributed by atoms with Crippen molar-refractivity contribution in [1.82, 2.24) is 14.5 Å². The molecule has 0 N–H and O–H groups in total. The van der Waals surface area contributed by atoms with Crippen molar-refractivity contribution in [3.8, 4) is 0 Å². The minimum atomic E-state index is 0.250. The summed E-state index contributed by atoms with van der Waals surface area (Å²) in [6.45, 7) is 0.339. The van der Waals surface area contributed by atoms with E-state index in [9.17, 15) is 4.79 Å². The van der Waals surface area contributed by atoms with Gasteiger partial charge in [0.25, 0.3) is 0 Å². The van der Waals surface area contributed by atoms with Crippen molar-refractivity contribution in [2.75, 3.05) is 0 Å². The van der Waals surface area contributed by atoms with Gasteiger partial charge in [0.1, 0.15) is 18.1 Å². The van der Waals surface area contributed by atoms with Crippen molar-refractivity contribution in [3.63, 3.8) is 0 Å². The topological polar surface area (TPSA) is 51.3 Å². The lowest BCUT2D eigenvalue weighted by Gasteiger charge is -2.42. The number of aromatic nitrogens is 2. The largest absolute Gasteiger partial charge is 0.465 e. The third-order valence-electron chi connectivity index (χ3n) is 7.14. The van der Waals surface area contributed by atoms with E-state index in [-0.39, 0.29) is 5.91 Å². The predicted molar refractivity (Wildman–Crippen MR) is 128 cm³/mol. The molecule has 1 amide bonds. The average Bonchev–Trinajstić information content (AvgIpc) is 3.47. The third kappa shape index (κ3) is 4.52. The van der Waals surface area contributed by atoms with Crippen molar-refractivity contribution in [3.05, 3.63) is 54.2 Å². The van der Waals surface area contributed by atoms with Crippen LogP contribution in [0.25, 0.3) is 23.2 Å². The molecule has 5 rings (SSSR count). The normalized spacial score (nSPS) is 18.5. The molecule has 0 atom stereocenters. The highest BCUT2D eigenvalue weighted by Gasteiger charge is 2.32. The third-order valence-corrected chi connectivity index (χ3v) is 7.14. The van der Waals surface area contributed by atoms with Crippen LogP contribution in [0.5, 0.6) is 0 Å². The molecule has 2 aliphatic carbocycles. The summed E-state index contributed by atoms with van der Waals surface area (Å²) in [4.78, 5) is 21.0. The summed E-state index contributed by atoms with van der Waals surface area (Å²) in [7, 11) is 0. The average molecular weight is 432 g/mol. The Morgan fingerprint density at radius 2 is 1.62 bits per heavy atom. The molecule has 168 valence electrons. The maximum Gasteiger partial charge on any atom is 0.243 e. The zero-order valence-electron chi connectivity index (χ0n) is 18.8. The molecular formula is C27H33N3O2. The van der Waals surface area contributed by atoms with Crippen molar-refractivity contribution < 1.29 is 9.21 Å². The summed E-state index contributed by atoms with van der Waals surface area (Å²) >= 11 is 0. The Hall–Kier alpha value is -2.82. The highest BCUT2D eigenvalue weighted by molar-refractivity contribution is 5.83. The van der Waals surface area contributed by atoms with E-state index in [1.54, 1.807) is 6.26 Å². The first-order valence-corrected chi connectivity index (χ1v) is 12.3. The molecule has 0 bridgehead atoms. The number of carbonyl (C=O) groups is 1. The summed E-state index contributed by atoms with van der Waals surface area (Å²) in [5.41, 5.74) is 1.92. The Balaban J connectivity index is 1.45. The Morgan fingerprint density at radius 3 is 2.28 bits per heavy atom. The summed E-state index contributed by atoms with van der Waals surface area (Å²) in [6, 6.07) is 12.7. The van der Waals surface area contributed by atoms with Crippen LogP contribution in [0.15, 0.2) is 47.1 Å². The summed E-state index contributed by atoms with van der Waals surface area (Å²) < 4.78 is 7.53. The number of furan rings is 1. The van der Waals surface area contributed by atoms with Gasteiger partial charge in [0.2, 0.25) is 5.91 Å². The van der Waals surface area contributed by atoms with Crippen molar-refractivity contribution >= 4 is 29.1 Å². The predicted octanol–water partition coefficient (Wildman–Crippen LogP) is 6.29. The maximum atomic E-state index is 13.9. The molecule has 0 aliphatic heterocycles. The fourth-order valence-electron chi connectivity index (χ4n) is 5.57. The zero-order valence-corrected chi connectivity index (χ0v) is 18.8. The zero-order chi connectivity index (χ0) is 21.8. The quantitative estimate of drug-likeness (QED) is 0.461. The van der Waals surface area contributed by atoms with Crippen molar-refractivity contribution in [2.45, 2.75) is 82.8 Å². The van der Waals surface area contributed by atoms with Gasteiger partial charge < -0.3 is 13.9 Å². The molecule has 0 saturated heterocycles. The number of hydrogen-bond donors (Lipinski definition) is 0. The second kappa shape index (κ2) is 9.76. The van der Waals surface area contributed by atoms with E-state index >= 15 is 0 Å². The van der Waals surface area contributed by atoms with Gasteiger partial charge in [-0.05, 0) is 62.1 Å². The van der Waals surface area contributed by atoms with Crippen LogP contribution in [0, 0.1) is 0 Å². The lowest BCUT2D eigenvalue weighted by Crippen LogP contribution is -2.50. The number of hydrogen-bond acceptors (Lipinski definition) is 3. The van der Waals surface area contributed by atoms with Gasteiger partial charge in [0.05, 0.1) is 17.3 Å². The molecule has 3 aromatic rings. The number of nitrogens with zero attached hydrogens (tertiary/aromatic N) is 3. The van der Waals surface area contributed by atoms with E-state index in [0.29, 0.717) is 18.6 Å². The fourth-order valence-corrected chi connectivity index (χ4v) is 5.57. The van der Waals surface area contributed by atoms with E-state index in [0.717, 1.165) is 48.3 Å².